The van der Waals surface area contributed by atoms with Gasteiger partial charge in [-0.1, -0.05) is 24.3 Å². The lowest BCUT2D eigenvalue weighted by Crippen LogP contribution is -2.58. The Morgan fingerprint density at radius 1 is 0.486 bits per heavy atom. The summed E-state index contributed by atoms with van der Waals surface area (Å²) in [7, 11) is 0.830. The van der Waals surface area contributed by atoms with E-state index in [4.69, 9.17) is 4.74 Å². The highest BCUT2D eigenvalue weighted by Crippen LogP contribution is 2.52. The molecule has 3 nitrogen and oxygen atoms in total. The molecule has 2 aromatic rings. The number of hydrogen-bond donors (Lipinski definition) is 2. The summed E-state index contributed by atoms with van der Waals surface area (Å²) in [4.78, 5) is 0. The molecule has 2 aromatic carbocycles. The summed E-state index contributed by atoms with van der Waals surface area (Å²) in [5, 5.41) is 1.91. The number of hydrogen-bond acceptors (Lipinski definition) is 3. The predicted octanol–water partition coefficient (Wildman–Crippen LogP) is 6.56. The zero-order valence-electron chi connectivity index (χ0n) is 17.6. The van der Waals surface area contributed by atoms with E-state index in [1.807, 2.05) is 0 Å². The largest absolute Gasteiger partial charge is 0.457 e. The second kappa shape index (κ2) is 9.08. The number of rotatable bonds is 8. The lowest BCUT2D eigenvalue weighted by atomic mass is 9.92. The van der Waals surface area contributed by atoms with Crippen LogP contribution in [0.5, 0.6) is 11.5 Å². The first-order chi connectivity index (χ1) is 15.8. The van der Waals surface area contributed by atoms with Crippen molar-refractivity contribution in [2.75, 3.05) is 14.1 Å². The lowest BCUT2D eigenvalue weighted by Gasteiger charge is -2.35. The molecule has 0 bridgehead atoms. The van der Waals surface area contributed by atoms with Crippen molar-refractivity contribution < 1.29 is 57.4 Å². The third-order valence-electron chi connectivity index (χ3n) is 5.01. The molecule has 0 saturated carbocycles. The third-order valence-corrected chi connectivity index (χ3v) is 5.01. The van der Waals surface area contributed by atoms with Gasteiger partial charge in [0.1, 0.15) is 11.5 Å². The van der Waals surface area contributed by atoms with Crippen LogP contribution in [0.2, 0.25) is 0 Å². The molecule has 0 aromatic heterocycles. The fourth-order valence-corrected chi connectivity index (χ4v) is 3.03. The van der Waals surface area contributed by atoms with Gasteiger partial charge in [0.2, 0.25) is 0 Å². The van der Waals surface area contributed by atoms with Gasteiger partial charge in [0.05, 0.1) is 0 Å². The van der Waals surface area contributed by atoms with E-state index in [1.54, 1.807) is 0 Å². The summed E-state index contributed by atoms with van der Waals surface area (Å²) < 4.78 is 168. The van der Waals surface area contributed by atoms with Gasteiger partial charge in [-0.2, -0.15) is 43.9 Å². The van der Waals surface area contributed by atoms with Gasteiger partial charge in [0, 0.05) is 11.1 Å². The van der Waals surface area contributed by atoms with Gasteiger partial charge in [-0.15, -0.1) is 0 Å². The zero-order valence-corrected chi connectivity index (χ0v) is 17.6. The number of halogens is 12. The van der Waals surface area contributed by atoms with E-state index in [-0.39, 0.29) is 11.5 Å². The number of likely N-dealkylation sites (N-methyl/N-ethyl adjacent to an activating group) is 2. The van der Waals surface area contributed by atoms with Crippen LogP contribution in [-0.4, -0.2) is 38.5 Å². The van der Waals surface area contributed by atoms with Gasteiger partial charge in [0.25, 0.3) is 0 Å². The van der Waals surface area contributed by atoms with Crippen LogP contribution in [0.25, 0.3) is 0 Å². The highest BCUT2D eigenvalue weighted by atomic mass is 19.4. The normalized spacial score (nSPS) is 17.0. The van der Waals surface area contributed by atoms with Crippen molar-refractivity contribution in [3.8, 4) is 11.5 Å². The molecule has 15 heteroatoms. The van der Waals surface area contributed by atoms with Crippen LogP contribution in [0.3, 0.4) is 0 Å². The van der Waals surface area contributed by atoms with E-state index in [2.05, 4.69) is 0 Å². The molecule has 0 aliphatic rings. The Labute approximate surface area is 190 Å². The van der Waals surface area contributed by atoms with Crippen LogP contribution in [0.4, 0.5) is 52.7 Å². The van der Waals surface area contributed by atoms with Gasteiger partial charge in [-0.3, -0.25) is 10.6 Å². The molecular weight excluding hydrogens is 512 g/mol. The first-order valence-corrected chi connectivity index (χ1v) is 9.32. The molecular formula is C20H16F12N2O. The Bertz CT molecular complexity index is 923. The predicted molar refractivity (Wildman–Crippen MR) is 98.7 cm³/mol. The van der Waals surface area contributed by atoms with Crippen molar-refractivity contribution in [3.63, 3.8) is 0 Å². The van der Waals surface area contributed by atoms with Crippen LogP contribution < -0.4 is 15.4 Å². The van der Waals surface area contributed by atoms with Gasteiger partial charge in [0.15, 0.2) is 0 Å². The lowest BCUT2D eigenvalue weighted by molar-refractivity contribution is -0.317. The maximum absolute atomic E-state index is 14.6. The van der Waals surface area contributed by atoms with E-state index in [9.17, 15) is 52.7 Å². The van der Waals surface area contributed by atoms with Gasteiger partial charge in [-0.25, -0.2) is 8.78 Å². The number of alkyl halides is 12. The van der Waals surface area contributed by atoms with Crippen molar-refractivity contribution in [2.24, 2.45) is 0 Å². The van der Waals surface area contributed by atoms with Crippen LogP contribution in [0.1, 0.15) is 11.1 Å². The van der Waals surface area contributed by atoms with E-state index in [0.717, 1.165) is 10.6 Å². The quantitative estimate of drug-likeness (QED) is 0.301. The van der Waals surface area contributed by atoms with Crippen molar-refractivity contribution in [1.29, 1.82) is 0 Å². The number of nitrogens with one attached hydrogen (secondary N) is 2. The SMILES string of the molecule is CNC(F)(F)C(F)(c1ccc(Oc2ccc(C(F)(C(F)(F)F)C(F)(F)NC)cc2)cc1)C(F)(F)F. The molecule has 2 rings (SSSR count). The van der Waals surface area contributed by atoms with Gasteiger partial charge in [-0.05, 0) is 38.4 Å². The van der Waals surface area contributed by atoms with Crippen LogP contribution in [-0.2, 0) is 11.3 Å². The Kier molecular flexibility index (Phi) is 7.41. The maximum Gasteiger partial charge on any atom is 0.434 e. The zero-order chi connectivity index (χ0) is 27.1. The minimum atomic E-state index is -6.04. The summed E-state index contributed by atoms with van der Waals surface area (Å²) in [5.74, 6) is -0.775. The molecule has 35 heavy (non-hydrogen) atoms. The Morgan fingerprint density at radius 3 is 0.943 bits per heavy atom. The molecule has 2 N–H and O–H groups in total. The fraction of sp³-hybridized carbons (Fsp3) is 0.400. The molecule has 0 amide bonds. The van der Waals surface area contributed by atoms with Gasteiger partial charge >= 0.3 is 35.8 Å². The first kappa shape index (κ1) is 28.6. The molecule has 0 saturated heterocycles. The molecule has 0 fully saturated rings. The molecule has 2 unspecified atom stereocenters. The summed E-state index contributed by atoms with van der Waals surface area (Å²) in [6.45, 7) is 0. The summed E-state index contributed by atoms with van der Waals surface area (Å²) in [6.07, 6.45) is -12.1. The molecule has 0 aliphatic heterocycles. The molecule has 2 atom stereocenters. The Balaban J connectivity index is 2.36. The monoisotopic (exact) mass is 528 g/mol. The maximum atomic E-state index is 14.6. The van der Waals surface area contributed by atoms with E-state index >= 15 is 0 Å². The van der Waals surface area contributed by atoms with Crippen molar-refractivity contribution in [3.05, 3.63) is 59.7 Å². The average Bonchev–Trinajstić information content (AvgIpc) is 2.77. The third kappa shape index (κ3) is 4.75. The number of ether oxygens (including phenoxy) is 1. The summed E-state index contributed by atoms with van der Waals surface area (Å²) >= 11 is 0. The topological polar surface area (TPSA) is 33.3 Å². The highest BCUT2D eigenvalue weighted by Gasteiger charge is 2.72. The molecule has 0 spiro atoms. The highest BCUT2D eigenvalue weighted by molar-refractivity contribution is 5.39. The molecule has 0 radical (unpaired) electrons. The van der Waals surface area contributed by atoms with Crippen molar-refractivity contribution >= 4 is 0 Å². The standard InChI is InChI=1S/C20H16F12N2O/c1-33-19(29,30)15(21,17(23,24)25)11-3-7-13(8-4-11)35-14-9-5-12(6-10-14)16(22,18(26,27)28)20(31,32)34-2/h3-10,33-34H,1-2H3. The minimum Gasteiger partial charge on any atom is -0.457 e. The van der Waals surface area contributed by atoms with Crippen LogP contribution in [0.15, 0.2) is 48.5 Å². The van der Waals surface area contributed by atoms with Crippen molar-refractivity contribution in [2.45, 2.75) is 35.8 Å². The molecule has 0 heterocycles. The second-order valence-corrected chi connectivity index (χ2v) is 7.11. The first-order valence-electron chi connectivity index (χ1n) is 9.32. The van der Waals surface area contributed by atoms with Crippen molar-refractivity contribution in [1.82, 2.24) is 10.6 Å². The Morgan fingerprint density at radius 2 is 0.743 bits per heavy atom. The average molecular weight is 528 g/mol. The van der Waals surface area contributed by atoms with Crippen LogP contribution >= 0.6 is 0 Å². The Hall–Kier alpha value is -2.68. The van der Waals surface area contributed by atoms with Gasteiger partial charge < -0.3 is 4.74 Å². The van der Waals surface area contributed by atoms with E-state index < -0.39 is 46.9 Å². The van der Waals surface area contributed by atoms with Crippen LogP contribution in [0, 0.1) is 0 Å². The molecule has 196 valence electrons. The summed E-state index contributed by atoms with van der Waals surface area (Å²) in [5.41, 5.74) is -13.2. The minimum absolute atomic E-state index is 0.339. The number of benzene rings is 2. The van der Waals surface area contributed by atoms with E-state index in [0.29, 0.717) is 62.6 Å². The molecule has 0 aliphatic carbocycles. The smallest absolute Gasteiger partial charge is 0.434 e. The second-order valence-electron chi connectivity index (χ2n) is 7.11. The summed E-state index contributed by atoms with van der Waals surface area (Å²) in [6, 6.07) is -6.15. The fourth-order valence-electron chi connectivity index (χ4n) is 3.03. The van der Waals surface area contributed by atoms with E-state index in [1.165, 1.54) is 0 Å².